The maximum atomic E-state index is 12.9. The predicted molar refractivity (Wildman–Crippen MR) is 98.3 cm³/mol. The summed E-state index contributed by atoms with van der Waals surface area (Å²) in [6.07, 6.45) is -0.254. The topological polar surface area (TPSA) is 91.8 Å². The second-order valence-electron chi connectivity index (χ2n) is 6.72. The van der Waals surface area contributed by atoms with Crippen molar-refractivity contribution in [2.45, 2.75) is 38.0 Å². The van der Waals surface area contributed by atoms with Crippen molar-refractivity contribution in [1.82, 2.24) is 20.1 Å². The van der Waals surface area contributed by atoms with Gasteiger partial charge in [0.15, 0.2) is 6.04 Å². The average Bonchev–Trinajstić information content (AvgIpc) is 3.29. The van der Waals surface area contributed by atoms with Gasteiger partial charge >= 0.3 is 38.8 Å². The number of thioether (sulfide) groups is 1. The van der Waals surface area contributed by atoms with Crippen LogP contribution in [0.25, 0.3) is 0 Å². The zero-order chi connectivity index (χ0) is 18.9. The minimum Gasteiger partial charge on any atom is -0.482 e. The summed E-state index contributed by atoms with van der Waals surface area (Å²) in [5, 5.41) is 4.67. The number of ether oxygens (including phenoxy) is 1. The molecule has 3 amide bonds. The SMILES string of the molecule is CN1C(=O)OC(C)(C)C1C(=O)NC(Cc1cscn1)C(=O)N1[CH-]CSC1.[Y+3]. The molecular weight excluding hydrogens is 465 g/mol. The third-order valence-corrected chi connectivity index (χ3v) is 5.85. The van der Waals surface area contributed by atoms with Crippen LogP contribution in [0, 0.1) is 6.54 Å². The molecule has 2 atom stereocenters. The monoisotopic (exact) mass is 486 g/mol. The van der Waals surface area contributed by atoms with E-state index < -0.39 is 29.7 Å². The molecule has 2 saturated heterocycles. The summed E-state index contributed by atoms with van der Waals surface area (Å²) >= 11 is 3.07. The minimum absolute atomic E-state index is 0. The van der Waals surface area contributed by atoms with Crippen LogP contribution in [0.1, 0.15) is 19.5 Å². The largest absolute Gasteiger partial charge is 3.00 e. The number of hydrogen-bond donors (Lipinski definition) is 1. The first-order chi connectivity index (χ1) is 12.3. The number of likely N-dealkylation sites (N-methyl/N-ethyl adjacent to an activating group) is 1. The van der Waals surface area contributed by atoms with E-state index in [1.165, 1.54) is 23.3 Å². The molecule has 2 unspecified atom stereocenters. The van der Waals surface area contributed by atoms with E-state index in [0.29, 0.717) is 12.3 Å². The molecule has 8 nitrogen and oxygen atoms in total. The number of amides is 3. The summed E-state index contributed by atoms with van der Waals surface area (Å²) in [6, 6.07) is -1.56. The fourth-order valence-corrected chi connectivity index (χ4v) is 4.51. The molecule has 0 spiro atoms. The summed E-state index contributed by atoms with van der Waals surface area (Å²) in [7, 11) is 1.52. The molecule has 0 bridgehead atoms. The molecule has 0 aliphatic carbocycles. The van der Waals surface area contributed by atoms with Crippen LogP contribution in [-0.4, -0.2) is 69.1 Å². The molecule has 142 valence electrons. The van der Waals surface area contributed by atoms with E-state index >= 15 is 0 Å². The Morgan fingerprint density at radius 2 is 2.26 bits per heavy atom. The van der Waals surface area contributed by atoms with Crippen LogP contribution in [0.5, 0.6) is 0 Å². The summed E-state index contributed by atoms with van der Waals surface area (Å²) in [5.41, 5.74) is 1.46. The van der Waals surface area contributed by atoms with Gasteiger partial charge in [-0.25, -0.2) is 16.3 Å². The molecule has 11 heteroatoms. The fraction of sp³-hybridized carbons (Fsp3) is 0.562. The first-order valence-electron chi connectivity index (χ1n) is 8.14. The molecule has 1 aromatic rings. The normalized spacial score (nSPS) is 22.2. The van der Waals surface area contributed by atoms with Gasteiger partial charge in [0.2, 0.25) is 11.8 Å². The van der Waals surface area contributed by atoms with Crippen LogP contribution in [0.3, 0.4) is 0 Å². The molecule has 27 heavy (non-hydrogen) atoms. The molecule has 1 N–H and O–H groups in total. The van der Waals surface area contributed by atoms with Crippen LogP contribution >= 0.6 is 23.1 Å². The van der Waals surface area contributed by atoms with Crippen molar-refractivity contribution in [2.75, 3.05) is 18.7 Å². The van der Waals surface area contributed by atoms with Crippen LogP contribution in [0.4, 0.5) is 4.79 Å². The van der Waals surface area contributed by atoms with E-state index in [1.54, 1.807) is 36.0 Å². The molecule has 0 saturated carbocycles. The van der Waals surface area contributed by atoms with Crippen molar-refractivity contribution in [2.24, 2.45) is 0 Å². The van der Waals surface area contributed by atoms with E-state index in [2.05, 4.69) is 10.3 Å². The quantitative estimate of drug-likeness (QED) is 0.627. The molecule has 0 radical (unpaired) electrons. The number of nitrogens with one attached hydrogen (secondary N) is 1. The van der Waals surface area contributed by atoms with Gasteiger partial charge in [0.1, 0.15) is 11.6 Å². The maximum absolute atomic E-state index is 12.9. The Morgan fingerprint density at radius 3 is 2.78 bits per heavy atom. The van der Waals surface area contributed by atoms with E-state index in [1.807, 2.05) is 11.9 Å². The molecule has 2 aliphatic rings. The minimum atomic E-state index is -0.972. The molecule has 1 aromatic heterocycles. The van der Waals surface area contributed by atoms with Gasteiger partial charge in [0.25, 0.3) is 0 Å². The van der Waals surface area contributed by atoms with Gasteiger partial charge in [0, 0.05) is 24.7 Å². The molecule has 3 rings (SSSR count). The predicted octanol–water partition coefficient (Wildman–Crippen LogP) is 1.09. The van der Waals surface area contributed by atoms with Crippen molar-refractivity contribution in [3.8, 4) is 0 Å². The Hall–Kier alpha value is -0.706. The van der Waals surface area contributed by atoms with Crippen molar-refractivity contribution in [1.29, 1.82) is 0 Å². The number of carbonyl (C=O) groups is 3. The zero-order valence-corrected chi connectivity index (χ0v) is 19.8. The summed E-state index contributed by atoms with van der Waals surface area (Å²) in [6.45, 7) is 5.19. The van der Waals surface area contributed by atoms with Gasteiger partial charge in [-0.2, -0.15) is 11.8 Å². The molecular formula is C16H21N4O4S2Y+2. The van der Waals surface area contributed by atoms with E-state index in [-0.39, 0.29) is 38.6 Å². The Labute approximate surface area is 191 Å². The summed E-state index contributed by atoms with van der Waals surface area (Å²) in [4.78, 5) is 44.7. The Bertz CT molecular complexity index is 695. The number of aromatic nitrogens is 1. The van der Waals surface area contributed by atoms with Crippen molar-refractivity contribution < 1.29 is 51.8 Å². The molecule has 0 aromatic carbocycles. The van der Waals surface area contributed by atoms with Gasteiger partial charge in [-0.15, -0.1) is 17.1 Å². The number of cyclic esters (lactones) is 1. The Morgan fingerprint density at radius 1 is 1.52 bits per heavy atom. The number of carbonyl (C=O) groups excluding carboxylic acids is 3. The van der Waals surface area contributed by atoms with Crippen LogP contribution in [0.2, 0.25) is 0 Å². The van der Waals surface area contributed by atoms with Crippen LogP contribution < -0.4 is 5.32 Å². The average molecular weight is 486 g/mol. The first-order valence-corrected chi connectivity index (χ1v) is 10.2. The van der Waals surface area contributed by atoms with Crippen LogP contribution in [0.15, 0.2) is 10.9 Å². The maximum Gasteiger partial charge on any atom is 3.00 e. The van der Waals surface area contributed by atoms with Gasteiger partial charge in [-0.05, 0) is 13.8 Å². The number of hydrogen-bond acceptors (Lipinski definition) is 7. The summed E-state index contributed by atoms with van der Waals surface area (Å²) in [5.74, 6) is 0.744. The van der Waals surface area contributed by atoms with Crippen molar-refractivity contribution in [3.05, 3.63) is 23.1 Å². The number of nitrogens with zero attached hydrogens (tertiary/aromatic N) is 3. The van der Waals surface area contributed by atoms with E-state index in [0.717, 1.165) is 11.4 Å². The van der Waals surface area contributed by atoms with Crippen molar-refractivity contribution in [3.63, 3.8) is 0 Å². The van der Waals surface area contributed by atoms with Crippen LogP contribution in [-0.2, 0) is 53.5 Å². The first kappa shape index (κ1) is 22.6. The van der Waals surface area contributed by atoms with Gasteiger partial charge in [0.05, 0.1) is 11.2 Å². The van der Waals surface area contributed by atoms with E-state index in [4.69, 9.17) is 4.74 Å². The second kappa shape index (κ2) is 9.19. The third-order valence-electron chi connectivity index (χ3n) is 4.37. The Balaban J connectivity index is 0.00000261. The van der Waals surface area contributed by atoms with Crippen molar-refractivity contribution >= 4 is 41.0 Å². The smallest absolute Gasteiger partial charge is 0.482 e. The molecule has 2 fully saturated rings. The second-order valence-corrected chi connectivity index (χ2v) is 8.44. The number of thiazole rings is 1. The molecule has 3 heterocycles. The fourth-order valence-electron chi connectivity index (χ4n) is 3.11. The van der Waals surface area contributed by atoms with Gasteiger partial charge in [-0.1, -0.05) is 0 Å². The van der Waals surface area contributed by atoms with E-state index in [9.17, 15) is 14.4 Å². The zero-order valence-electron chi connectivity index (χ0n) is 15.4. The van der Waals surface area contributed by atoms with Gasteiger partial charge < -0.3 is 15.0 Å². The number of rotatable bonds is 5. The summed E-state index contributed by atoms with van der Waals surface area (Å²) < 4.78 is 5.25. The third kappa shape index (κ3) is 5.02. The van der Waals surface area contributed by atoms with Gasteiger partial charge in [-0.3, -0.25) is 14.5 Å². The Kier molecular flexibility index (Phi) is 7.69. The molecule has 2 aliphatic heterocycles. The standard InChI is InChI=1S/C16H21N4O4S2.Y/c1-16(2)12(19(3)15(23)24-16)13(21)18-11(6-10-7-26-8-17-10)14(22)20-4-5-25-9-20;/h4,7-8,11-12H,5-6,9H2,1-3H3,(H,18,21);/q-1;+3.